The van der Waals surface area contributed by atoms with Gasteiger partial charge in [0.1, 0.15) is 0 Å². The van der Waals surface area contributed by atoms with E-state index in [9.17, 15) is 9.18 Å². The molecule has 4 heteroatoms. The van der Waals surface area contributed by atoms with Gasteiger partial charge in [-0.15, -0.1) is 0 Å². The number of amides is 1. The zero-order chi connectivity index (χ0) is 13.8. The topological polar surface area (TPSA) is 38.3 Å². The molecule has 0 saturated carbocycles. The fourth-order valence-corrected chi connectivity index (χ4v) is 2.09. The van der Waals surface area contributed by atoms with Gasteiger partial charge in [-0.3, -0.25) is 4.79 Å². The number of benzene rings is 2. The Morgan fingerprint density at radius 2 is 2.16 bits per heavy atom. The third-order valence-electron chi connectivity index (χ3n) is 3.01. The smallest absolute Gasteiger partial charge is 0.216 e. The molecule has 0 radical (unpaired) electrons. The van der Waals surface area contributed by atoms with Crippen LogP contribution < -0.4 is 10.1 Å². The molecule has 0 atom stereocenters. The van der Waals surface area contributed by atoms with Crippen molar-refractivity contribution in [3.05, 3.63) is 41.7 Å². The van der Waals surface area contributed by atoms with Gasteiger partial charge in [0.05, 0.1) is 7.11 Å². The number of rotatable bonds is 4. The highest BCUT2D eigenvalue weighted by atomic mass is 19.1. The van der Waals surface area contributed by atoms with E-state index in [-0.39, 0.29) is 17.5 Å². The molecule has 2 aromatic carbocycles. The van der Waals surface area contributed by atoms with Gasteiger partial charge < -0.3 is 10.1 Å². The molecule has 0 aliphatic carbocycles. The summed E-state index contributed by atoms with van der Waals surface area (Å²) in [6.45, 7) is 2.05. The van der Waals surface area contributed by atoms with Crippen molar-refractivity contribution in [2.45, 2.75) is 13.3 Å². The summed E-state index contributed by atoms with van der Waals surface area (Å²) in [5.41, 5.74) is 1.06. The zero-order valence-corrected chi connectivity index (χ0v) is 11.0. The molecule has 2 rings (SSSR count). The van der Waals surface area contributed by atoms with Crippen LogP contribution in [0.15, 0.2) is 30.3 Å². The molecule has 1 N–H and O–H groups in total. The first-order valence-corrected chi connectivity index (χ1v) is 6.11. The molecule has 0 bridgehead atoms. The predicted molar refractivity (Wildman–Crippen MR) is 72.8 cm³/mol. The van der Waals surface area contributed by atoms with Crippen LogP contribution in [0.25, 0.3) is 10.8 Å². The zero-order valence-electron chi connectivity index (χ0n) is 11.0. The molecule has 3 nitrogen and oxygen atoms in total. The molecular weight excluding hydrogens is 245 g/mol. The van der Waals surface area contributed by atoms with E-state index in [1.807, 2.05) is 18.2 Å². The summed E-state index contributed by atoms with van der Waals surface area (Å²) in [5.74, 6) is -0.183. The van der Waals surface area contributed by atoms with Gasteiger partial charge in [-0.05, 0) is 34.9 Å². The maximum absolute atomic E-state index is 13.6. The summed E-state index contributed by atoms with van der Waals surface area (Å²) in [4.78, 5) is 10.9. The van der Waals surface area contributed by atoms with E-state index in [1.54, 1.807) is 6.07 Å². The minimum atomic E-state index is -0.367. The van der Waals surface area contributed by atoms with Crippen molar-refractivity contribution in [3.8, 4) is 5.75 Å². The van der Waals surface area contributed by atoms with Gasteiger partial charge in [0.25, 0.3) is 0 Å². The van der Waals surface area contributed by atoms with E-state index < -0.39 is 0 Å². The van der Waals surface area contributed by atoms with Crippen LogP contribution in [0.3, 0.4) is 0 Å². The van der Waals surface area contributed by atoms with Gasteiger partial charge in [0.15, 0.2) is 11.6 Å². The fourth-order valence-electron chi connectivity index (χ4n) is 2.09. The second-order valence-electron chi connectivity index (χ2n) is 4.36. The lowest BCUT2D eigenvalue weighted by atomic mass is 10.0. The number of halogens is 1. The molecule has 0 aliphatic heterocycles. The average Bonchev–Trinajstić information content (AvgIpc) is 2.37. The minimum Gasteiger partial charge on any atom is -0.494 e. The van der Waals surface area contributed by atoms with Crippen molar-refractivity contribution in [1.82, 2.24) is 5.32 Å². The van der Waals surface area contributed by atoms with Gasteiger partial charge >= 0.3 is 0 Å². The highest BCUT2D eigenvalue weighted by molar-refractivity contribution is 5.87. The van der Waals surface area contributed by atoms with Crippen LogP contribution >= 0.6 is 0 Å². The van der Waals surface area contributed by atoms with Crippen molar-refractivity contribution in [1.29, 1.82) is 0 Å². The lowest BCUT2D eigenvalue weighted by Crippen LogP contribution is -2.22. The third kappa shape index (κ3) is 3.02. The molecule has 0 unspecified atom stereocenters. The quantitative estimate of drug-likeness (QED) is 0.919. The maximum Gasteiger partial charge on any atom is 0.216 e. The fraction of sp³-hybridized carbons (Fsp3) is 0.267. The lowest BCUT2D eigenvalue weighted by molar-refractivity contribution is -0.118. The van der Waals surface area contributed by atoms with Crippen LogP contribution in [-0.4, -0.2) is 19.6 Å². The van der Waals surface area contributed by atoms with Crippen LogP contribution in [0.2, 0.25) is 0 Å². The molecule has 0 heterocycles. The third-order valence-corrected chi connectivity index (χ3v) is 3.01. The summed E-state index contributed by atoms with van der Waals surface area (Å²) in [7, 11) is 1.45. The Kier molecular flexibility index (Phi) is 4.00. The van der Waals surface area contributed by atoms with E-state index in [4.69, 9.17) is 4.74 Å². The molecule has 1 amide bonds. The van der Waals surface area contributed by atoms with Gasteiger partial charge in [-0.2, -0.15) is 0 Å². The van der Waals surface area contributed by atoms with Gasteiger partial charge in [-0.25, -0.2) is 4.39 Å². The van der Waals surface area contributed by atoms with Crippen molar-refractivity contribution in [2.24, 2.45) is 0 Å². The number of carbonyl (C=O) groups is 1. The largest absolute Gasteiger partial charge is 0.494 e. The van der Waals surface area contributed by atoms with E-state index in [2.05, 4.69) is 5.32 Å². The van der Waals surface area contributed by atoms with Crippen LogP contribution in [0, 0.1) is 5.82 Å². The Morgan fingerprint density at radius 3 is 2.84 bits per heavy atom. The molecule has 0 saturated heterocycles. The number of fused-ring (bicyclic) bond motifs is 1. The molecule has 0 spiro atoms. The molecule has 0 fully saturated rings. The molecule has 0 aliphatic rings. The van der Waals surface area contributed by atoms with Crippen LogP contribution in [0.4, 0.5) is 4.39 Å². The Bertz CT molecular complexity index is 610. The number of methoxy groups -OCH3 is 1. The number of nitrogens with one attached hydrogen (secondary N) is 1. The first-order valence-electron chi connectivity index (χ1n) is 6.11. The minimum absolute atomic E-state index is 0.0520. The summed E-state index contributed by atoms with van der Waals surface area (Å²) in [6.07, 6.45) is 0.700. The van der Waals surface area contributed by atoms with E-state index in [0.717, 1.165) is 16.3 Å². The Hall–Kier alpha value is -2.10. The normalized spacial score (nSPS) is 10.5. The standard InChI is InChI=1S/C15H16FNO2/c1-10(18)17-7-6-11-4-3-5-12-8-14(16)15(19-2)9-13(11)12/h3-5,8-9H,6-7H2,1-2H3,(H,17,18). The SMILES string of the molecule is COc1cc2c(CCNC(C)=O)cccc2cc1F. The predicted octanol–water partition coefficient (Wildman–Crippen LogP) is 2.67. The lowest BCUT2D eigenvalue weighted by Gasteiger charge is -2.09. The van der Waals surface area contributed by atoms with E-state index in [1.165, 1.54) is 20.1 Å². The molecular formula is C15H16FNO2. The van der Waals surface area contributed by atoms with E-state index in [0.29, 0.717) is 13.0 Å². The van der Waals surface area contributed by atoms with Crippen molar-refractivity contribution in [3.63, 3.8) is 0 Å². The Morgan fingerprint density at radius 1 is 1.37 bits per heavy atom. The molecule has 2 aromatic rings. The number of hydrogen-bond donors (Lipinski definition) is 1. The first kappa shape index (κ1) is 13.3. The van der Waals surface area contributed by atoms with E-state index >= 15 is 0 Å². The van der Waals surface area contributed by atoms with Gasteiger partial charge in [-0.1, -0.05) is 18.2 Å². The summed E-state index contributed by atoms with van der Waals surface area (Å²) in [5, 5.41) is 4.54. The van der Waals surface area contributed by atoms with Crippen molar-refractivity contribution < 1.29 is 13.9 Å². The molecule has 0 aromatic heterocycles. The Labute approximate surface area is 111 Å². The van der Waals surface area contributed by atoms with Crippen molar-refractivity contribution in [2.75, 3.05) is 13.7 Å². The second kappa shape index (κ2) is 5.69. The van der Waals surface area contributed by atoms with Gasteiger partial charge in [0, 0.05) is 13.5 Å². The summed E-state index contributed by atoms with van der Waals surface area (Å²) < 4.78 is 18.6. The van der Waals surface area contributed by atoms with Gasteiger partial charge in [0.2, 0.25) is 5.91 Å². The summed E-state index contributed by atoms with van der Waals surface area (Å²) in [6, 6.07) is 8.89. The maximum atomic E-state index is 13.6. The molecule has 19 heavy (non-hydrogen) atoms. The summed E-state index contributed by atoms with van der Waals surface area (Å²) >= 11 is 0. The number of hydrogen-bond acceptors (Lipinski definition) is 2. The highest BCUT2D eigenvalue weighted by Crippen LogP contribution is 2.27. The highest BCUT2D eigenvalue weighted by Gasteiger charge is 2.08. The molecule has 100 valence electrons. The number of ether oxygens (including phenoxy) is 1. The van der Waals surface area contributed by atoms with Crippen molar-refractivity contribution >= 4 is 16.7 Å². The van der Waals surface area contributed by atoms with Crippen LogP contribution in [0.1, 0.15) is 12.5 Å². The monoisotopic (exact) mass is 261 g/mol. The second-order valence-corrected chi connectivity index (χ2v) is 4.36. The average molecular weight is 261 g/mol. The number of carbonyl (C=O) groups excluding carboxylic acids is 1. The first-order chi connectivity index (χ1) is 9.11. The van der Waals surface area contributed by atoms with Crippen LogP contribution in [-0.2, 0) is 11.2 Å². The van der Waals surface area contributed by atoms with Crippen LogP contribution in [0.5, 0.6) is 5.75 Å². The Balaban J connectivity index is 2.35.